The van der Waals surface area contributed by atoms with Crippen LogP contribution in [0.25, 0.3) is 0 Å². The summed E-state index contributed by atoms with van der Waals surface area (Å²) in [5.74, 6) is 1.53. The Morgan fingerprint density at radius 3 is 2.20 bits per heavy atom. The van der Waals surface area contributed by atoms with Crippen molar-refractivity contribution in [1.29, 1.82) is 0 Å². The molecule has 0 amide bonds. The molecular weight excluding hydrogens is 271 g/mol. The standard InChI is InChI=1S/C16H27O3P/c1-3-5-7-11-18-14-9-10-16(20-17)15(13-14)19-12-8-6-4-2/h9-10,13H,3-8,11-12,20H2,1-2H3. The fourth-order valence-corrected chi connectivity index (χ4v) is 2.36. The van der Waals surface area contributed by atoms with Gasteiger partial charge >= 0.3 is 0 Å². The van der Waals surface area contributed by atoms with Gasteiger partial charge in [-0.2, -0.15) is 0 Å². The monoisotopic (exact) mass is 298 g/mol. The first-order valence-corrected chi connectivity index (χ1v) is 8.71. The summed E-state index contributed by atoms with van der Waals surface area (Å²) in [5, 5.41) is 0.794. The Morgan fingerprint density at radius 2 is 1.60 bits per heavy atom. The summed E-state index contributed by atoms with van der Waals surface area (Å²) in [4.78, 5) is 0. The highest BCUT2D eigenvalue weighted by Crippen LogP contribution is 2.21. The Hall–Kier alpha value is -0.950. The molecular formula is C16H27O3P. The van der Waals surface area contributed by atoms with E-state index < -0.39 is 8.46 Å². The molecule has 0 aliphatic rings. The van der Waals surface area contributed by atoms with Crippen LogP contribution in [0.3, 0.4) is 0 Å². The topological polar surface area (TPSA) is 35.5 Å². The third-order valence-electron chi connectivity index (χ3n) is 3.13. The highest BCUT2D eigenvalue weighted by Gasteiger charge is 2.05. The molecule has 1 unspecified atom stereocenters. The molecule has 0 aromatic heterocycles. The number of hydrogen-bond donors (Lipinski definition) is 0. The summed E-state index contributed by atoms with van der Waals surface area (Å²) in [6.45, 7) is 5.75. The Labute approximate surface area is 123 Å². The van der Waals surface area contributed by atoms with Gasteiger partial charge in [-0.1, -0.05) is 39.5 Å². The number of unbranched alkanes of at least 4 members (excludes halogenated alkanes) is 4. The van der Waals surface area contributed by atoms with Gasteiger partial charge < -0.3 is 14.0 Å². The second kappa shape index (κ2) is 10.8. The Balaban J connectivity index is 2.53. The zero-order chi connectivity index (χ0) is 14.6. The van der Waals surface area contributed by atoms with E-state index in [-0.39, 0.29) is 0 Å². The molecule has 0 spiro atoms. The van der Waals surface area contributed by atoms with E-state index in [0.717, 1.165) is 42.7 Å². The Bertz CT molecular complexity index is 393. The normalized spacial score (nSPS) is 11.1. The van der Waals surface area contributed by atoms with Crippen LogP contribution in [-0.2, 0) is 4.57 Å². The maximum atomic E-state index is 11.2. The fraction of sp³-hybridized carbons (Fsp3) is 0.625. The van der Waals surface area contributed by atoms with Gasteiger partial charge in [0.2, 0.25) is 0 Å². The Kier molecular flexibility index (Phi) is 9.23. The van der Waals surface area contributed by atoms with Crippen molar-refractivity contribution in [2.24, 2.45) is 0 Å². The van der Waals surface area contributed by atoms with Crippen molar-refractivity contribution in [1.82, 2.24) is 0 Å². The number of rotatable bonds is 11. The highest BCUT2D eigenvalue weighted by molar-refractivity contribution is 7.34. The van der Waals surface area contributed by atoms with Gasteiger partial charge in [-0.15, -0.1) is 0 Å². The molecule has 0 heterocycles. The molecule has 0 aliphatic heterocycles. The van der Waals surface area contributed by atoms with Crippen LogP contribution in [0.2, 0.25) is 0 Å². The Morgan fingerprint density at radius 1 is 0.950 bits per heavy atom. The first-order chi connectivity index (χ1) is 9.81. The largest absolute Gasteiger partial charge is 0.493 e. The summed E-state index contributed by atoms with van der Waals surface area (Å²) in [6.07, 6.45) is 6.80. The van der Waals surface area contributed by atoms with Crippen LogP contribution >= 0.6 is 8.46 Å². The molecule has 0 radical (unpaired) electrons. The molecule has 114 valence electrons. The average molecular weight is 298 g/mol. The summed E-state index contributed by atoms with van der Waals surface area (Å²) >= 11 is 0. The molecule has 0 fully saturated rings. The molecule has 4 heteroatoms. The van der Waals surface area contributed by atoms with Gasteiger partial charge in [-0.05, 0) is 25.0 Å². The lowest BCUT2D eigenvalue weighted by Gasteiger charge is -2.11. The van der Waals surface area contributed by atoms with E-state index in [1.165, 1.54) is 19.3 Å². The van der Waals surface area contributed by atoms with Crippen molar-refractivity contribution in [2.45, 2.75) is 52.4 Å². The first kappa shape index (κ1) is 17.1. The van der Waals surface area contributed by atoms with Crippen molar-refractivity contribution in [3.63, 3.8) is 0 Å². The molecule has 0 saturated heterocycles. The van der Waals surface area contributed by atoms with Crippen LogP contribution in [0, 0.1) is 0 Å². The van der Waals surface area contributed by atoms with Crippen LogP contribution in [0.1, 0.15) is 52.4 Å². The molecule has 0 bridgehead atoms. The minimum absolute atomic E-state index is 0.680. The van der Waals surface area contributed by atoms with Gasteiger partial charge in [-0.3, -0.25) is 0 Å². The van der Waals surface area contributed by atoms with Crippen molar-refractivity contribution in [3.05, 3.63) is 18.2 Å². The van der Waals surface area contributed by atoms with Crippen LogP contribution < -0.4 is 14.8 Å². The second-order valence-corrected chi connectivity index (χ2v) is 5.79. The van der Waals surface area contributed by atoms with E-state index >= 15 is 0 Å². The van der Waals surface area contributed by atoms with Crippen molar-refractivity contribution < 1.29 is 14.0 Å². The molecule has 1 aromatic rings. The number of benzene rings is 1. The molecule has 1 rings (SSSR count). The molecule has 0 aliphatic carbocycles. The van der Waals surface area contributed by atoms with Crippen molar-refractivity contribution in [3.8, 4) is 11.5 Å². The summed E-state index contributed by atoms with van der Waals surface area (Å²) < 4.78 is 22.7. The lowest BCUT2D eigenvalue weighted by molar-refractivity contribution is 0.293. The smallest absolute Gasteiger partial charge is 0.133 e. The zero-order valence-electron chi connectivity index (χ0n) is 12.7. The minimum Gasteiger partial charge on any atom is -0.493 e. The summed E-state index contributed by atoms with van der Waals surface area (Å²) in [7, 11) is -0.971. The van der Waals surface area contributed by atoms with E-state index in [0.29, 0.717) is 6.61 Å². The molecule has 1 atom stereocenters. The second-order valence-electron chi connectivity index (χ2n) is 4.93. The van der Waals surface area contributed by atoms with E-state index in [1.54, 1.807) is 0 Å². The fourth-order valence-electron chi connectivity index (χ4n) is 1.90. The average Bonchev–Trinajstić information content (AvgIpc) is 2.48. The third kappa shape index (κ3) is 6.47. The van der Waals surface area contributed by atoms with Crippen molar-refractivity contribution >= 4 is 13.8 Å². The first-order valence-electron chi connectivity index (χ1n) is 7.66. The van der Waals surface area contributed by atoms with Gasteiger partial charge in [0, 0.05) is 11.4 Å². The SMILES string of the molecule is CCCCCOc1ccc([PH2]=O)c(OCCCCC)c1. The molecule has 3 nitrogen and oxygen atoms in total. The van der Waals surface area contributed by atoms with Gasteiger partial charge in [0.05, 0.1) is 21.7 Å². The van der Waals surface area contributed by atoms with Crippen LogP contribution in [0.4, 0.5) is 0 Å². The van der Waals surface area contributed by atoms with E-state index in [4.69, 9.17) is 9.47 Å². The van der Waals surface area contributed by atoms with Crippen LogP contribution in [0.15, 0.2) is 18.2 Å². The maximum absolute atomic E-state index is 11.2. The number of hydrogen-bond acceptors (Lipinski definition) is 3. The summed E-state index contributed by atoms with van der Waals surface area (Å²) in [5.41, 5.74) is 0. The van der Waals surface area contributed by atoms with Gasteiger partial charge in [0.15, 0.2) is 0 Å². The van der Waals surface area contributed by atoms with Crippen molar-refractivity contribution in [2.75, 3.05) is 13.2 Å². The van der Waals surface area contributed by atoms with Crippen LogP contribution in [-0.4, -0.2) is 13.2 Å². The number of ether oxygens (including phenoxy) is 2. The molecule has 0 N–H and O–H groups in total. The maximum Gasteiger partial charge on any atom is 0.133 e. The van der Waals surface area contributed by atoms with E-state index in [1.807, 2.05) is 18.2 Å². The lowest BCUT2D eigenvalue weighted by Crippen LogP contribution is -2.06. The third-order valence-corrected chi connectivity index (χ3v) is 3.86. The van der Waals surface area contributed by atoms with Gasteiger partial charge in [0.25, 0.3) is 0 Å². The minimum atomic E-state index is -0.971. The highest BCUT2D eigenvalue weighted by atomic mass is 31.1. The van der Waals surface area contributed by atoms with E-state index in [2.05, 4.69) is 13.8 Å². The van der Waals surface area contributed by atoms with E-state index in [9.17, 15) is 4.57 Å². The molecule has 1 aromatic carbocycles. The predicted octanol–water partition coefficient (Wildman–Crippen LogP) is 4.21. The van der Waals surface area contributed by atoms with Gasteiger partial charge in [0.1, 0.15) is 11.5 Å². The quantitative estimate of drug-likeness (QED) is 0.453. The predicted molar refractivity (Wildman–Crippen MR) is 86.5 cm³/mol. The van der Waals surface area contributed by atoms with Gasteiger partial charge in [-0.25, -0.2) is 0 Å². The summed E-state index contributed by atoms with van der Waals surface area (Å²) in [6, 6.07) is 5.61. The lowest BCUT2D eigenvalue weighted by atomic mass is 10.2. The van der Waals surface area contributed by atoms with Crippen LogP contribution in [0.5, 0.6) is 11.5 Å². The molecule has 0 saturated carbocycles. The molecule has 20 heavy (non-hydrogen) atoms. The zero-order valence-corrected chi connectivity index (χ0v) is 13.8.